The lowest BCUT2D eigenvalue weighted by Gasteiger charge is -2.23. The smallest absolute Gasteiger partial charge is 0.164 e. The van der Waals surface area contributed by atoms with E-state index in [0.29, 0.717) is 52.4 Å². The topological polar surface area (TPSA) is 129 Å². The molecule has 2 aliphatic rings. The lowest BCUT2D eigenvalue weighted by atomic mass is 9.80. The summed E-state index contributed by atoms with van der Waals surface area (Å²) in [5, 5.41) is 16.4. The van der Waals surface area contributed by atoms with Crippen molar-refractivity contribution in [1.82, 2.24) is 44.9 Å². The van der Waals surface area contributed by atoms with Crippen molar-refractivity contribution < 1.29 is 4.42 Å². The van der Waals surface area contributed by atoms with Crippen LogP contribution < -0.4 is 0 Å². The minimum absolute atomic E-state index is 0.0432. The second-order valence-corrected chi connectivity index (χ2v) is 35.4. The first-order chi connectivity index (χ1) is 65.4. The van der Waals surface area contributed by atoms with Gasteiger partial charge in [0, 0.05) is 82.6 Å². The Labute approximate surface area is 769 Å². The van der Waals surface area contributed by atoms with E-state index < -0.39 is 0 Å². The van der Waals surface area contributed by atoms with E-state index in [4.69, 9.17) is 49.3 Å². The highest BCUT2D eigenvalue weighted by Crippen LogP contribution is 2.54. The van der Waals surface area contributed by atoms with Gasteiger partial charge in [-0.1, -0.05) is 410 Å². The number of hydrogen-bond acceptors (Lipinski definition) is 10. The van der Waals surface area contributed by atoms with Gasteiger partial charge in [-0.2, -0.15) is 0 Å². The van der Waals surface area contributed by atoms with Crippen LogP contribution in [0.3, 0.4) is 0 Å². The van der Waals surface area contributed by atoms with Crippen LogP contribution in [-0.2, 0) is 10.8 Å². The Morgan fingerprint density at radius 1 is 0.173 bits per heavy atom. The third-order valence-electron chi connectivity index (χ3n) is 26.7. The highest BCUT2D eigenvalue weighted by atomic mass is 16.3. The van der Waals surface area contributed by atoms with Gasteiger partial charge < -0.3 is 4.42 Å². The maximum absolute atomic E-state index is 6.46. The second kappa shape index (κ2) is 32.5. The van der Waals surface area contributed by atoms with Crippen molar-refractivity contribution >= 4 is 86.6 Å². The summed E-state index contributed by atoms with van der Waals surface area (Å²) < 4.78 is 6.46. The van der Waals surface area contributed by atoms with Crippen molar-refractivity contribution in [3.63, 3.8) is 0 Å². The molecule has 0 saturated heterocycles. The molecule has 0 aliphatic heterocycles. The molecule has 26 rings (SSSR count). The zero-order valence-corrected chi connectivity index (χ0v) is 73.4. The van der Waals surface area contributed by atoms with Crippen molar-refractivity contribution in [1.29, 1.82) is 0 Å². The highest BCUT2D eigenvalue weighted by Gasteiger charge is 2.39. The summed E-state index contributed by atoms with van der Waals surface area (Å²) in [6.45, 7) is 9.36. The van der Waals surface area contributed by atoms with Gasteiger partial charge in [-0.25, -0.2) is 44.9 Å². The molecule has 0 fully saturated rings. The quantitative estimate of drug-likeness (QED) is 0.123. The number of para-hydroxylation sites is 1. The van der Waals surface area contributed by atoms with Crippen LogP contribution in [0.2, 0.25) is 0 Å². The SMILES string of the molecule is CC1(C)c2ccccc2-c2ccc3cc(-c4cccc(-c5nc(-c6ccccc6)nc(-c6ccccc6)n5)c4)ccc3c21.CC1(C)c2ccccc2-c2ccc3cc(-c4nc(-c5ccc6ccccc6c5)nc(-c5ccc6ccccc6c5)n4)ccc3c21.c1ccc(-c2nc(-c3ccccc3)nc(-c3ccc4ccccc4c3-c3cccc4c3ccc3c5ccccc5oc43)n2)cc1. The fourth-order valence-corrected chi connectivity index (χ4v) is 20.2. The predicted molar refractivity (Wildman–Crippen MR) is 547 cm³/mol. The van der Waals surface area contributed by atoms with Crippen molar-refractivity contribution in [2.75, 3.05) is 0 Å². The molecule has 0 radical (unpaired) electrons. The van der Waals surface area contributed by atoms with Gasteiger partial charge in [0.25, 0.3) is 0 Å². The van der Waals surface area contributed by atoms with Crippen LogP contribution in [0.25, 0.3) is 234 Å². The Morgan fingerprint density at radius 3 is 0.992 bits per heavy atom. The molecule has 10 nitrogen and oxygen atoms in total. The summed E-state index contributed by atoms with van der Waals surface area (Å²) in [6, 6.07) is 151. The summed E-state index contributed by atoms with van der Waals surface area (Å²) in [5.74, 6) is 5.90. The molecule has 133 heavy (non-hydrogen) atoms. The van der Waals surface area contributed by atoms with Crippen LogP contribution in [0.5, 0.6) is 0 Å². The van der Waals surface area contributed by atoms with Gasteiger partial charge in [-0.3, -0.25) is 0 Å². The maximum atomic E-state index is 6.46. The molecule has 2 aliphatic carbocycles. The van der Waals surface area contributed by atoms with E-state index in [1.807, 2.05) is 133 Å². The lowest BCUT2D eigenvalue weighted by Crippen LogP contribution is -2.15. The summed E-state index contributed by atoms with van der Waals surface area (Å²) in [6.07, 6.45) is 0. The standard InChI is InChI=1S/C42H29N3.C41H25N3O.C40H29N3/c1-42(2)37-14-8-7-13-35(37)36-22-19-30-25-33(20-21-34(30)38(36)42)41-44-39(31-17-15-26-9-3-5-11-28(26)23-31)43-40(45-41)32-18-16-27-10-4-6-12-29(27)24-32;1-3-13-27(14-4-1)39-42-40(28-15-5-2-6-16-28)44-41(43-39)35-23-22-26-12-7-8-17-29(26)37(35)32-19-11-20-33-30(32)24-25-34-31-18-9-10-21-36(31)45-38(33)34;1-40(2)35-19-10-9-18-33(35)34-23-21-30-24-29(20-22-32(30)36(34)40)28-16-11-17-31(25-28)39-42-37(26-12-5-3-6-13-26)41-38(43-39)27-14-7-4-8-15-27/h3-25H,1-2H3;1-25H;3-25H,1-2H3. The Bertz CT molecular complexity index is 8560. The van der Waals surface area contributed by atoms with Crippen molar-refractivity contribution in [2.24, 2.45) is 0 Å². The fourth-order valence-electron chi connectivity index (χ4n) is 20.2. The maximum Gasteiger partial charge on any atom is 0.164 e. The van der Waals surface area contributed by atoms with E-state index in [9.17, 15) is 0 Å². The number of hydrogen-bond donors (Lipinski definition) is 0. The number of benzene rings is 20. The van der Waals surface area contributed by atoms with E-state index in [2.05, 4.69) is 325 Å². The van der Waals surface area contributed by atoms with Gasteiger partial charge in [-0.05, 0) is 169 Å². The van der Waals surface area contributed by atoms with Crippen LogP contribution >= 0.6 is 0 Å². The van der Waals surface area contributed by atoms with Gasteiger partial charge >= 0.3 is 0 Å². The normalized spacial score (nSPS) is 12.6. The molecule has 0 spiro atoms. The van der Waals surface area contributed by atoms with Crippen LogP contribution in [0.4, 0.5) is 0 Å². The number of rotatable bonds is 11. The van der Waals surface area contributed by atoms with E-state index in [0.717, 1.165) is 121 Å². The third-order valence-corrected chi connectivity index (χ3v) is 26.7. The van der Waals surface area contributed by atoms with Crippen LogP contribution in [0.1, 0.15) is 49.9 Å². The molecule has 4 heterocycles. The largest absolute Gasteiger partial charge is 0.455 e. The molecule has 0 bridgehead atoms. The van der Waals surface area contributed by atoms with Gasteiger partial charge in [-0.15, -0.1) is 0 Å². The Morgan fingerprint density at radius 2 is 0.481 bits per heavy atom. The zero-order valence-electron chi connectivity index (χ0n) is 73.4. The Hall–Kier alpha value is -17.2. The van der Waals surface area contributed by atoms with Gasteiger partial charge in [0.15, 0.2) is 52.4 Å². The van der Waals surface area contributed by atoms with Gasteiger partial charge in [0.05, 0.1) is 0 Å². The molecule has 0 amide bonds. The minimum atomic E-state index is -0.0768. The van der Waals surface area contributed by atoms with Gasteiger partial charge in [0.2, 0.25) is 0 Å². The molecule has 24 aromatic rings. The molecule has 10 heteroatoms. The summed E-state index contributed by atoms with van der Waals surface area (Å²) in [4.78, 5) is 45.1. The predicted octanol–water partition coefficient (Wildman–Crippen LogP) is 31.4. The Kier molecular flexibility index (Phi) is 19.4. The molecule has 626 valence electrons. The highest BCUT2D eigenvalue weighted by molar-refractivity contribution is 6.20. The molecule has 20 aromatic carbocycles. The molecular formula is C123H83N9O. The molecule has 0 unspecified atom stereocenters. The average molecular weight is 1700 g/mol. The molecular weight excluding hydrogens is 1620 g/mol. The first-order valence-corrected chi connectivity index (χ1v) is 45.2. The number of nitrogens with zero attached hydrogens (tertiary/aromatic N) is 9. The van der Waals surface area contributed by atoms with Crippen LogP contribution in [0.15, 0.2) is 435 Å². The van der Waals surface area contributed by atoms with E-state index in [1.54, 1.807) is 0 Å². The van der Waals surface area contributed by atoms with Crippen molar-refractivity contribution in [2.45, 2.75) is 38.5 Å². The first kappa shape index (κ1) is 79.2. The van der Waals surface area contributed by atoms with Gasteiger partial charge in [0.1, 0.15) is 11.2 Å². The van der Waals surface area contributed by atoms with E-state index in [1.165, 1.54) is 82.4 Å². The number of furan rings is 1. The first-order valence-electron chi connectivity index (χ1n) is 45.2. The Balaban J connectivity index is 0.000000110. The number of aromatic nitrogens is 9. The summed E-state index contributed by atoms with van der Waals surface area (Å²) in [7, 11) is 0. The lowest BCUT2D eigenvalue weighted by molar-refractivity contribution is 0.666. The monoisotopic (exact) mass is 1700 g/mol. The molecule has 0 saturated carbocycles. The van der Waals surface area contributed by atoms with Crippen molar-refractivity contribution in [3.05, 3.63) is 453 Å². The van der Waals surface area contributed by atoms with Crippen molar-refractivity contribution in [3.8, 4) is 147 Å². The average Bonchev–Trinajstić information content (AvgIpc) is 1.57. The number of fused-ring (bicyclic) bond motifs is 18. The molecule has 4 aromatic heterocycles. The molecule has 0 N–H and O–H groups in total. The second-order valence-electron chi connectivity index (χ2n) is 35.4. The molecule has 0 atom stereocenters. The van der Waals surface area contributed by atoms with E-state index in [-0.39, 0.29) is 10.8 Å². The van der Waals surface area contributed by atoms with Crippen LogP contribution in [0, 0.1) is 0 Å². The zero-order chi connectivity index (χ0) is 88.8. The third kappa shape index (κ3) is 14.2. The van der Waals surface area contributed by atoms with E-state index >= 15 is 0 Å². The fraction of sp³-hybridized carbons (Fsp3) is 0.0488. The summed E-state index contributed by atoms with van der Waals surface area (Å²) >= 11 is 0. The van der Waals surface area contributed by atoms with Crippen LogP contribution in [-0.4, -0.2) is 44.9 Å². The minimum Gasteiger partial charge on any atom is -0.455 e. The summed E-state index contributed by atoms with van der Waals surface area (Å²) in [5.41, 5.74) is 25.7.